The fourth-order valence-corrected chi connectivity index (χ4v) is 2.60. The summed E-state index contributed by atoms with van der Waals surface area (Å²) in [5.41, 5.74) is 0.664. The van der Waals surface area contributed by atoms with Gasteiger partial charge in [0.1, 0.15) is 5.82 Å². The van der Waals surface area contributed by atoms with Gasteiger partial charge in [-0.15, -0.1) is 0 Å². The van der Waals surface area contributed by atoms with E-state index < -0.39 is 0 Å². The first-order valence-corrected chi connectivity index (χ1v) is 6.90. The summed E-state index contributed by atoms with van der Waals surface area (Å²) in [7, 11) is 0. The van der Waals surface area contributed by atoms with Crippen LogP contribution in [0.3, 0.4) is 0 Å². The summed E-state index contributed by atoms with van der Waals surface area (Å²) in [5.74, 6) is -0.106. The molecule has 2 N–H and O–H groups in total. The highest BCUT2D eigenvalue weighted by molar-refractivity contribution is 5.83. The van der Waals surface area contributed by atoms with Crippen molar-refractivity contribution in [3.63, 3.8) is 0 Å². The van der Waals surface area contributed by atoms with E-state index in [1.165, 1.54) is 12.1 Å². The highest BCUT2D eigenvalue weighted by Gasteiger charge is 2.38. The zero-order chi connectivity index (χ0) is 13.7. The third-order valence-corrected chi connectivity index (χ3v) is 3.99. The van der Waals surface area contributed by atoms with Gasteiger partial charge in [-0.2, -0.15) is 0 Å². The summed E-state index contributed by atoms with van der Waals surface area (Å²) >= 11 is 0. The number of halogens is 1. The molecule has 2 rings (SSSR count). The molecule has 1 amide bonds. The molecule has 1 aliphatic heterocycles. The Morgan fingerprint density at radius 1 is 1.53 bits per heavy atom. The minimum atomic E-state index is -0.248. The number of rotatable bonds is 5. The summed E-state index contributed by atoms with van der Waals surface area (Å²) in [6, 6.07) is 6.51. The van der Waals surface area contributed by atoms with E-state index in [-0.39, 0.29) is 17.1 Å². The number of benzene rings is 1. The van der Waals surface area contributed by atoms with Crippen LogP contribution in [0.5, 0.6) is 0 Å². The molecule has 4 heteroatoms. The van der Waals surface area contributed by atoms with Crippen LogP contribution in [-0.2, 0) is 11.2 Å². The number of hydrogen-bond acceptors (Lipinski definition) is 2. The Kier molecular flexibility index (Phi) is 4.53. The lowest BCUT2D eigenvalue weighted by Gasteiger charge is -2.25. The first kappa shape index (κ1) is 14.0. The maximum atomic E-state index is 13.0. The van der Waals surface area contributed by atoms with Crippen molar-refractivity contribution in [1.29, 1.82) is 0 Å². The van der Waals surface area contributed by atoms with Crippen molar-refractivity contribution in [2.24, 2.45) is 5.41 Å². The Hall–Kier alpha value is -1.42. The molecule has 104 valence electrons. The van der Waals surface area contributed by atoms with Gasteiger partial charge in [0.15, 0.2) is 0 Å². The molecule has 0 radical (unpaired) electrons. The van der Waals surface area contributed by atoms with E-state index >= 15 is 0 Å². The SMILES string of the molecule is CCC1(C(=O)NCCc2cccc(F)c2)CCNC1. The highest BCUT2D eigenvalue weighted by Crippen LogP contribution is 2.29. The lowest BCUT2D eigenvalue weighted by Crippen LogP contribution is -2.42. The van der Waals surface area contributed by atoms with Gasteiger partial charge in [-0.1, -0.05) is 19.1 Å². The van der Waals surface area contributed by atoms with Crippen molar-refractivity contribution in [2.75, 3.05) is 19.6 Å². The van der Waals surface area contributed by atoms with Crippen LogP contribution in [0.25, 0.3) is 0 Å². The summed E-state index contributed by atoms with van der Waals surface area (Å²) in [6.45, 7) is 4.28. The predicted molar refractivity (Wildman–Crippen MR) is 73.3 cm³/mol. The minimum absolute atomic E-state index is 0.122. The van der Waals surface area contributed by atoms with Crippen molar-refractivity contribution in [1.82, 2.24) is 10.6 Å². The molecule has 1 aromatic rings. The molecule has 0 aliphatic carbocycles. The Bertz CT molecular complexity index is 442. The Labute approximate surface area is 113 Å². The third-order valence-electron chi connectivity index (χ3n) is 3.99. The topological polar surface area (TPSA) is 41.1 Å². The first-order valence-electron chi connectivity index (χ1n) is 6.90. The maximum Gasteiger partial charge on any atom is 0.227 e. The summed E-state index contributed by atoms with van der Waals surface area (Å²) in [4.78, 5) is 12.2. The Morgan fingerprint density at radius 3 is 3.00 bits per heavy atom. The number of nitrogens with one attached hydrogen (secondary N) is 2. The Morgan fingerprint density at radius 2 is 2.37 bits per heavy atom. The van der Waals surface area contributed by atoms with Gasteiger partial charge in [-0.05, 0) is 43.5 Å². The molecule has 1 unspecified atom stereocenters. The molecule has 0 aromatic heterocycles. The number of amides is 1. The number of hydrogen-bond donors (Lipinski definition) is 2. The van der Waals surface area contributed by atoms with Crippen molar-refractivity contribution < 1.29 is 9.18 Å². The molecular formula is C15H21FN2O. The van der Waals surface area contributed by atoms with Crippen molar-refractivity contribution >= 4 is 5.91 Å². The average Bonchev–Trinajstić information content (AvgIpc) is 2.89. The normalized spacial score (nSPS) is 22.4. The molecule has 3 nitrogen and oxygen atoms in total. The van der Waals surface area contributed by atoms with E-state index in [1.54, 1.807) is 6.07 Å². The molecule has 19 heavy (non-hydrogen) atoms. The van der Waals surface area contributed by atoms with Crippen LogP contribution >= 0.6 is 0 Å². The predicted octanol–water partition coefficient (Wildman–Crippen LogP) is 1.87. The van der Waals surface area contributed by atoms with Crippen LogP contribution in [0.2, 0.25) is 0 Å². The molecule has 1 aromatic carbocycles. The fraction of sp³-hybridized carbons (Fsp3) is 0.533. The average molecular weight is 264 g/mol. The highest BCUT2D eigenvalue weighted by atomic mass is 19.1. The van der Waals surface area contributed by atoms with Gasteiger partial charge in [0.25, 0.3) is 0 Å². The van der Waals surface area contributed by atoms with Crippen molar-refractivity contribution in [3.8, 4) is 0 Å². The molecule has 1 atom stereocenters. The van der Waals surface area contributed by atoms with Crippen LogP contribution in [-0.4, -0.2) is 25.5 Å². The minimum Gasteiger partial charge on any atom is -0.355 e. The van der Waals surface area contributed by atoms with E-state index in [0.717, 1.165) is 31.5 Å². The van der Waals surface area contributed by atoms with Crippen LogP contribution in [0.1, 0.15) is 25.3 Å². The van der Waals surface area contributed by atoms with Crippen molar-refractivity contribution in [3.05, 3.63) is 35.6 Å². The van der Waals surface area contributed by atoms with Gasteiger partial charge < -0.3 is 10.6 Å². The molecular weight excluding hydrogens is 243 g/mol. The van der Waals surface area contributed by atoms with Gasteiger partial charge in [-0.3, -0.25) is 4.79 Å². The third kappa shape index (κ3) is 3.32. The van der Waals surface area contributed by atoms with Crippen LogP contribution in [0.4, 0.5) is 4.39 Å². The van der Waals surface area contributed by atoms with E-state index in [1.807, 2.05) is 6.07 Å². The van der Waals surface area contributed by atoms with Gasteiger partial charge >= 0.3 is 0 Å². The van der Waals surface area contributed by atoms with Gasteiger partial charge in [0.05, 0.1) is 5.41 Å². The van der Waals surface area contributed by atoms with Gasteiger partial charge in [0.2, 0.25) is 5.91 Å². The first-order chi connectivity index (χ1) is 9.16. The van der Waals surface area contributed by atoms with Crippen LogP contribution in [0, 0.1) is 11.2 Å². The maximum absolute atomic E-state index is 13.0. The second-order valence-electron chi connectivity index (χ2n) is 5.20. The van der Waals surface area contributed by atoms with Crippen LogP contribution < -0.4 is 10.6 Å². The lowest BCUT2D eigenvalue weighted by atomic mass is 9.83. The molecule has 1 aliphatic rings. The molecule has 0 spiro atoms. The summed E-state index contributed by atoms with van der Waals surface area (Å²) < 4.78 is 13.0. The monoisotopic (exact) mass is 264 g/mol. The number of carbonyl (C=O) groups excluding carboxylic acids is 1. The zero-order valence-electron chi connectivity index (χ0n) is 11.3. The zero-order valence-corrected chi connectivity index (χ0v) is 11.3. The molecule has 1 heterocycles. The number of carbonyl (C=O) groups is 1. The molecule has 1 saturated heterocycles. The van der Waals surface area contributed by atoms with Gasteiger partial charge in [0, 0.05) is 13.1 Å². The smallest absolute Gasteiger partial charge is 0.227 e. The molecule has 1 fully saturated rings. The second kappa shape index (κ2) is 6.15. The van der Waals surface area contributed by atoms with Gasteiger partial charge in [-0.25, -0.2) is 4.39 Å². The standard InChI is InChI=1S/C15H21FN2O/c1-2-15(7-9-17-11-15)14(19)18-8-6-12-4-3-5-13(16)10-12/h3-5,10,17H,2,6-9,11H2,1H3,(H,18,19). The van der Waals surface area contributed by atoms with E-state index in [9.17, 15) is 9.18 Å². The van der Waals surface area contributed by atoms with E-state index in [0.29, 0.717) is 13.0 Å². The van der Waals surface area contributed by atoms with Crippen LogP contribution in [0.15, 0.2) is 24.3 Å². The van der Waals surface area contributed by atoms with E-state index in [4.69, 9.17) is 0 Å². The summed E-state index contributed by atoms with van der Waals surface area (Å²) in [5, 5.41) is 6.23. The van der Waals surface area contributed by atoms with E-state index in [2.05, 4.69) is 17.6 Å². The largest absolute Gasteiger partial charge is 0.355 e. The fourth-order valence-electron chi connectivity index (χ4n) is 2.60. The summed E-state index contributed by atoms with van der Waals surface area (Å²) in [6.07, 6.45) is 2.41. The molecule has 0 saturated carbocycles. The Balaban J connectivity index is 1.84. The lowest BCUT2D eigenvalue weighted by molar-refractivity contribution is -0.130. The quantitative estimate of drug-likeness (QED) is 0.852. The molecule has 0 bridgehead atoms. The second-order valence-corrected chi connectivity index (χ2v) is 5.20. The van der Waals surface area contributed by atoms with Crippen molar-refractivity contribution in [2.45, 2.75) is 26.2 Å².